The molecule has 5 rings (SSSR count). The van der Waals surface area contributed by atoms with E-state index in [1.807, 2.05) is 61.6 Å². The van der Waals surface area contributed by atoms with Crippen LogP contribution in [0.25, 0.3) is 10.9 Å². The molecule has 2 N–H and O–H groups in total. The van der Waals surface area contributed by atoms with E-state index in [0.29, 0.717) is 37.4 Å². The minimum Gasteiger partial charge on any atom is -0.347 e. The van der Waals surface area contributed by atoms with Gasteiger partial charge in [-0.3, -0.25) is 19.4 Å². The van der Waals surface area contributed by atoms with E-state index in [2.05, 4.69) is 20.6 Å². The molecule has 8 heteroatoms. The van der Waals surface area contributed by atoms with Gasteiger partial charge in [0.05, 0.1) is 12.1 Å². The molecule has 0 aliphatic carbocycles. The van der Waals surface area contributed by atoms with Crippen molar-refractivity contribution < 1.29 is 9.59 Å². The van der Waals surface area contributed by atoms with Crippen molar-refractivity contribution in [1.29, 1.82) is 0 Å². The van der Waals surface area contributed by atoms with Crippen molar-refractivity contribution in [2.75, 3.05) is 6.54 Å². The van der Waals surface area contributed by atoms with E-state index in [4.69, 9.17) is 0 Å². The number of aromatic nitrogens is 4. The van der Waals surface area contributed by atoms with Crippen molar-refractivity contribution in [1.82, 2.24) is 30.2 Å². The van der Waals surface area contributed by atoms with E-state index in [-0.39, 0.29) is 11.8 Å². The highest BCUT2D eigenvalue weighted by Crippen LogP contribution is 2.25. The predicted octanol–water partition coefficient (Wildman–Crippen LogP) is 2.42. The number of nitrogens with one attached hydrogen (secondary N) is 2. The number of carbonyl (C=O) groups is 2. The highest BCUT2D eigenvalue weighted by Gasteiger charge is 2.31. The van der Waals surface area contributed by atoms with Crippen molar-refractivity contribution in [3.63, 3.8) is 0 Å². The van der Waals surface area contributed by atoms with Gasteiger partial charge < -0.3 is 10.2 Å². The summed E-state index contributed by atoms with van der Waals surface area (Å²) in [6.07, 6.45) is 0.638. The summed E-state index contributed by atoms with van der Waals surface area (Å²) in [5.41, 5.74) is 4.40. The Kier molecular flexibility index (Phi) is 4.74. The third-order valence-corrected chi connectivity index (χ3v) is 5.71. The maximum absolute atomic E-state index is 13.2. The highest BCUT2D eigenvalue weighted by atomic mass is 16.2. The molecule has 2 aromatic heterocycles. The molecule has 1 aliphatic rings. The third kappa shape index (κ3) is 3.46. The van der Waals surface area contributed by atoms with Crippen LogP contribution in [0.4, 0.5) is 0 Å². The lowest BCUT2D eigenvalue weighted by Gasteiger charge is -2.27. The van der Waals surface area contributed by atoms with Gasteiger partial charge in [0.15, 0.2) is 11.4 Å². The van der Waals surface area contributed by atoms with Gasteiger partial charge in [0.1, 0.15) is 0 Å². The van der Waals surface area contributed by atoms with Gasteiger partial charge in [-0.25, -0.2) is 0 Å². The fourth-order valence-corrected chi connectivity index (χ4v) is 4.09. The summed E-state index contributed by atoms with van der Waals surface area (Å²) >= 11 is 0. The van der Waals surface area contributed by atoms with Crippen LogP contribution in [0.5, 0.6) is 0 Å². The molecule has 0 fully saturated rings. The first kappa shape index (κ1) is 19.0. The molecule has 0 saturated heterocycles. The van der Waals surface area contributed by atoms with Gasteiger partial charge in [0.2, 0.25) is 0 Å². The Morgan fingerprint density at radius 1 is 1.06 bits per heavy atom. The molecular formula is C23H22N6O2. The van der Waals surface area contributed by atoms with Crippen LogP contribution in [0.2, 0.25) is 0 Å². The Hall–Kier alpha value is -3.94. The molecule has 2 aromatic carbocycles. The van der Waals surface area contributed by atoms with Gasteiger partial charge in [-0.1, -0.05) is 48.5 Å². The van der Waals surface area contributed by atoms with E-state index >= 15 is 0 Å². The number of para-hydroxylation sites is 1. The minimum atomic E-state index is -0.236. The number of aromatic amines is 1. The molecule has 0 bridgehead atoms. The Bertz CT molecular complexity index is 1270. The first-order valence-corrected chi connectivity index (χ1v) is 10.2. The first-order chi connectivity index (χ1) is 15.1. The number of carbonyl (C=O) groups excluding carboxylic acids is 2. The van der Waals surface area contributed by atoms with Gasteiger partial charge >= 0.3 is 0 Å². The van der Waals surface area contributed by atoms with Crippen molar-refractivity contribution >= 4 is 22.7 Å². The predicted molar refractivity (Wildman–Crippen MR) is 115 cm³/mol. The van der Waals surface area contributed by atoms with Gasteiger partial charge in [-0.2, -0.15) is 10.2 Å². The normalized spacial score (nSPS) is 13.3. The smallest absolute Gasteiger partial charge is 0.275 e. The molecular weight excluding hydrogens is 392 g/mol. The number of nitrogens with zero attached hydrogens (tertiary/aromatic N) is 4. The molecule has 8 nitrogen and oxygen atoms in total. The van der Waals surface area contributed by atoms with Gasteiger partial charge in [0, 0.05) is 43.2 Å². The molecule has 1 aliphatic heterocycles. The van der Waals surface area contributed by atoms with Crippen LogP contribution in [-0.4, -0.2) is 43.2 Å². The number of hydrogen-bond donors (Lipinski definition) is 2. The molecule has 0 spiro atoms. The SMILES string of the molecule is Cn1nc(C(=O)NCc2ccccc2)c2c1CCN(C(=O)c1n[nH]c3ccccc13)C2. The second-order valence-corrected chi connectivity index (χ2v) is 7.66. The topological polar surface area (TPSA) is 95.9 Å². The number of amides is 2. The van der Waals surface area contributed by atoms with Crippen LogP contribution in [-0.2, 0) is 26.6 Å². The van der Waals surface area contributed by atoms with Crippen LogP contribution >= 0.6 is 0 Å². The second kappa shape index (κ2) is 7.71. The fraction of sp³-hybridized carbons (Fsp3) is 0.217. The molecule has 0 saturated carbocycles. The van der Waals surface area contributed by atoms with Crippen LogP contribution in [0.15, 0.2) is 54.6 Å². The van der Waals surface area contributed by atoms with E-state index < -0.39 is 0 Å². The number of hydrogen-bond acceptors (Lipinski definition) is 4. The zero-order valence-corrected chi connectivity index (χ0v) is 17.1. The van der Waals surface area contributed by atoms with Gasteiger partial charge in [-0.05, 0) is 11.6 Å². The molecule has 156 valence electrons. The molecule has 4 aromatic rings. The van der Waals surface area contributed by atoms with Gasteiger partial charge in [-0.15, -0.1) is 0 Å². The van der Waals surface area contributed by atoms with Crippen LogP contribution < -0.4 is 5.32 Å². The van der Waals surface area contributed by atoms with Crippen molar-refractivity contribution in [2.24, 2.45) is 7.05 Å². The summed E-state index contributed by atoms with van der Waals surface area (Å²) < 4.78 is 1.75. The lowest BCUT2D eigenvalue weighted by Crippen LogP contribution is -2.37. The molecule has 0 unspecified atom stereocenters. The molecule has 3 heterocycles. The van der Waals surface area contributed by atoms with Crippen molar-refractivity contribution in [3.8, 4) is 0 Å². The van der Waals surface area contributed by atoms with Crippen molar-refractivity contribution in [2.45, 2.75) is 19.5 Å². The third-order valence-electron chi connectivity index (χ3n) is 5.71. The molecule has 31 heavy (non-hydrogen) atoms. The average Bonchev–Trinajstić information content (AvgIpc) is 3.39. The van der Waals surface area contributed by atoms with Crippen LogP contribution in [0, 0.1) is 0 Å². The number of rotatable bonds is 4. The first-order valence-electron chi connectivity index (χ1n) is 10.2. The van der Waals surface area contributed by atoms with E-state index in [0.717, 1.165) is 27.7 Å². The molecule has 0 atom stereocenters. The summed E-state index contributed by atoms with van der Waals surface area (Å²) in [7, 11) is 1.84. The summed E-state index contributed by atoms with van der Waals surface area (Å²) in [4.78, 5) is 27.8. The zero-order chi connectivity index (χ0) is 21.4. The summed E-state index contributed by atoms with van der Waals surface area (Å²) in [6.45, 7) is 1.31. The second-order valence-electron chi connectivity index (χ2n) is 7.66. The van der Waals surface area contributed by atoms with E-state index in [1.54, 1.807) is 9.58 Å². The monoisotopic (exact) mass is 414 g/mol. The Morgan fingerprint density at radius 2 is 1.84 bits per heavy atom. The van der Waals surface area contributed by atoms with Crippen LogP contribution in [0.3, 0.4) is 0 Å². The highest BCUT2D eigenvalue weighted by molar-refractivity contribution is 6.04. The number of aryl methyl sites for hydroxylation is 1. The standard InChI is InChI=1S/C23H22N6O2/c1-28-19-11-12-29(23(31)21-16-9-5-6-10-18(16)25-26-21)14-17(19)20(27-28)22(30)24-13-15-7-3-2-4-8-15/h2-10H,11-14H2,1H3,(H,24,30)(H,25,26). The maximum Gasteiger partial charge on any atom is 0.275 e. The van der Waals surface area contributed by atoms with Gasteiger partial charge in [0.25, 0.3) is 11.8 Å². The summed E-state index contributed by atoms with van der Waals surface area (Å²) in [5, 5.41) is 15.3. The number of fused-ring (bicyclic) bond motifs is 2. The Balaban J connectivity index is 1.38. The van der Waals surface area contributed by atoms with Crippen LogP contribution in [0.1, 0.15) is 37.8 Å². The number of H-pyrrole nitrogens is 1. The molecule has 0 radical (unpaired) electrons. The lowest BCUT2D eigenvalue weighted by molar-refractivity contribution is 0.0726. The van der Waals surface area contributed by atoms with E-state index in [9.17, 15) is 9.59 Å². The number of benzene rings is 2. The van der Waals surface area contributed by atoms with E-state index in [1.165, 1.54) is 0 Å². The fourth-order valence-electron chi connectivity index (χ4n) is 4.09. The minimum absolute atomic E-state index is 0.150. The molecule has 2 amide bonds. The Morgan fingerprint density at radius 3 is 2.68 bits per heavy atom. The largest absolute Gasteiger partial charge is 0.347 e. The summed E-state index contributed by atoms with van der Waals surface area (Å²) in [6, 6.07) is 17.3. The van der Waals surface area contributed by atoms with Crippen molar-refractivity contribution in [3.05, 3.63) is 82.8 Å². The summed E-state index contributed by atoms with van der Waals surface area (Å²) in [5.74, 6) is -0.386. The quantitative estimate of drug-likeness (QED) is 0.536. The lowest BCUT2D eigenvalue weighted by atomic mass is 10.0. The maximum atomic E-state index is 13.2. The average molecular weight is 414 g/mol. The zero-order valence-electron chi connectivity index (χ0n) is 17.1. The Labute approximate surface area is 178 Å².